The van der Waals surface area contributed by atoms with E-state index in [4.69, 9.17) is 10.5 Å². The Kier molecular flexibility index (Phi) is 15.8. The number of rotatable bonds is 23. The monoisotopic (exact) mass is 503 g/mol. The zero-order chi connectivity index (χ0) is 25.8. The number of nitrogens with one attached hydrogen (secondary N) is 1. The number of carbonyl (C=O) groups excluding carboxylic acids is 1. The Morgan fingerprint density at radius 1 is 0.944 bits per heavy atom. The first kappa shape index (κ1) is 30.0. The molecule has 3 N–H and O–H groups in total. The molecule has 2 rings (SSSR count). The van der Waals surface area contributed by atoms with Crippen LogP contribution in [-0.4, -0.2) is 39.0 Å². The number of hydrogen-bond acceptors (Lipinski definition) is 6. The summed E-state index contributed by atoms with van der Waals surface area (Å²) in [5.74, 6) is 0.460. The lowest BCUT2D eigenvalue weighted by Crippen LogP contribution is -2.17. The summed E-state index contributed by atoms with van der Waals surface area (Å²) >= 11 is 0. The van der Waals surface area contributed by atoms with Crippen molar-refractivity contribution in [3.8, 4) is 0 Å². The molecule has 0 fully saturated rings. The SMILES string of the molecule is CC[C@@H](COCCCCCCCCCCCCCCCCCC=O)Cn1cnc2c(=O)[nH]c(N)nc21. The van der Waals surface area contributed by atoms with Gasteiger partial charge in [0.25, 0.3) is 5.56 Å². The molecule has 0 bridgehead atoms. The fraction of sp³-hybridized carbons (Fsp3) is 0.786. The number of ether oxygens (including phenoxy) is 1. The number of imidazole rings is 1. The zero-order valence-electron chi connectivity index (χ0n) is 22.5. The van der Waals surface area contributed by atoms with Gasteiger partial charge >= 0.3 is 0 Å². The zero-order valence-corrected chi connectivity index (χ0v) is 22.5. The fourth-order valence-electron chi connectivity index (χ4n) is 4.66. The quantitative estimate of drug-likeness (QED) is 0.138. The number of nitrogens with zero attached hydrogens (tertiary/aromatic N) is 3. The first-order valence-corrected chi connectivity index (χ1v) is 14.4. The Balaban J connectivity index is 1.40. The van der Waals surface area contributed by atoms with E-state index in [1.807, 2.05) is 4.57 Å². The Labute approximate surface area is 216 Å². The van der Waals surface area contributed by atoms with Gasteiger partial charge in [-0.05, 0) is 19.3 Å². The van der Waals surface area contributed by atoms with Crippen molar-refractivity contribution in [1.82, 2.24) is 19.5 Å². The van der Waals surface area contributed by atoms with E-state index in [0.29, 0.717) is 30.2 Å². The number of nitrogens with two attached hydrogens (primary N) is 1. The molecule has 0 spiro atoms. The molecule has 8 heteroatoms. The third-order valence-electron chi connectivity index (χ3n) is 6.99. The van der Waals surface area contributed by atoms with Gasteiger partial charge in [-0.3, -0.25) is 9.78 Å². The molecule has 204 valence electrons. The highest BCUT2D eigenvalue weighted by molar-refractivity contribution is 5.70. The molecule has 0 aliphatic rings. The number of aldehydes is 1. The molecule has 0 saturated carbocycles. The normalized spacial score (nSPS) is 12.4. The average molecular weight is 504 g/mol. The van der Waals surface area contributed by atoms with E-state index in [-0.39, 0.29) is 11.5 Å². The third-order valence-corrected chi connectivity index (χ3v) is 6.99. The van der Waals surface area contributed by atoms with E-state index in [1.165, 1.54) is 83.5 Å². The second-order valence-electron chi connectivity index (χ2n) is 10.1. The molecule has 0 aliphatic heterocycles. The summed E-state index contributed by atoms with van der Waals surface area (Å²) in [5.41, 5.74) is 6.25. The molecule has 8 nitrogen and oxygen atoms in total. The summed E-state index contributed by atoms with van der Waals surface area (Å²) in [6.45, 7) is 4.38. The van der Waals surface area contributed by atoms with Gasteiger partial charge in [-0.1, -0.05) is 90.4 Å². The highest BCUT2D eigenvalue weighted by Gasteiger charge is 2.13. The number of fused-ring (bicyclic) bond motifs is 1. The largest absolute Gasteiger partial charge is 0.381 e. The van der Waals surface area contributed by atoms with Gasteiger partial charge in [-0.2, -0.15) is 4.98 Å². The summed E-state index contributed by atoms with van der Waals surface area (Å²) in [6, 6.07) is 0. The molecule has 0 unspecified atom stereocenters. The van der Waals surface area contributed by atoms with Crippen molar-refractivity contribution in [2.24, 2.45) is 5.92 Å². The minimum atomic E-state index is -0.300. The molecular formula is C28H49N5O3. The van der Waals surface area contributed by atoms with Crippen LogP contribution in [0.3, 0.4) is 0 Å². The van der Waals surface area contributed by atoms with Crippen molar-refractivity contribution in [2.75, 3.05) is 18.9 Å². The van der Waals surface area contributed by atoms with Crippen LogP contribution in [0.15, 0.2) is 11.1 Å². The second-order valence-corrected chi connectivity index (χ2v) is 10.1. The van der Waals surface area contributed by atoms with Gasteiger partial charge in [0.2, 0.25) is 5.95 Å². The van der Waals surface area contributed by atoms with E-state index in [9.17, 15) is 9.59 Å². The summed E-state index contributed by atoms with van der Waals surface area (Å²) < 4.78 is 7.86. The topological polar surface area (TPSA) is 116 Å². The van der Waals surface area contributed by atoms with Crippen LogP contribution >= 0.6 is 0 Å². The fourth-order valence-corrected chi connectivity index (χ4v) is 4.66. The Morgan fingerprint density at radius 2 is 1.50 bits per heavy atom. The van der Waals surface area contributed by atoms with E-state index in [2.05, 4.69) is 21.9 Å². The van der Waals surface area contributed by atoms with Crippen molar-refractivity contribution in [3.63, 3.8) is 0 Å². The smallest absolute Gasteiger partial charge is 0.280 e. The van der Waals surface area contributed by atoms with Gasteiger partial charge < -0.3 is 19.8 Å². The molecule has 2 heterocycles. The number of unbranched alkanes of at least 4 members (excludes halogenated alkanes) is 15. The first-order chi connectivity index (χ1) is 17.7. The summed E-state index contributed by atoms with van der Waals surface area (Å²) in [6.07, 6.45) is 23.9. The van der Waals surface area contributed by atoms with E-state index >= 15 is 0 Å². The van der Waals surface area contributed by atoms with Gasteiger partial charge in [0.15, 0.2) is 11.2 Å². The van der Waals surface area contributed by atoms with Gasteiger partial charge in [0, 0.05) is 25.5 Å². The lowest BCUT2D eigenvalue weighted by atomic mass is 10.0. The van der Waals surface area contributed by atoms with Crippen molar-refractivity contribution in [3.05, 3.63) is 16.7 Å². The second kappa shape index (κ2) is 19.0. The number of H-pyrrole nitrogens is 1. The van der Waals surface area contributed by atoms with Gasteiger partial charge in [0.1, 0.15) is 6.29 Å². The van der Waals surface area contributed by atoms with Crippen molar-refractivity contribution in [2.45, 2.75) is 123 Å². The predicted molar refractivity (Wildman–Crippen MR) is 147 cm³/mol. The standard InChI is InChI=1S/C28H49N5O3/c1-2-24(21-33-23-30-25-26(33)31-28(29)32-27(25)35)22-36-20-18-16-14-12-10-8-6-4-3-5-7-9-11-13-15-17-19-34/h19,23-24H,2-18,20-22H2,1H3,(H3,29,31,32,35)/t24-/m1/s1. The lowest BCUT2D eigenvalue weighted by molar-refractivity contribution is -0.107. The Morgan fingerprint density at radius 3 is 2.06 bits per heavy atom. The number of carbonyl (C=O) groups is 1. The van der Waals surface area contributed by atoms with E-state index in [1.54, 1.807) is 6.33 Å². The molecule has 0 saturated heterocycles. The molecule has 1 atom stereocenters. The Bertz CT molecular complexity index is 895. The van der Waals surface area contributed by atoms with Crippen LogP contribution < -0.4 is 11.3 Å². The van der Waals surface area contributed by atoms with Gasteiger partial charge in [-0.25, -0.2) is 4.98 Å². The minimum absolute atomic E-state index is 0.115. The maximum Gasteiger partial charge on any atom is 0.280 e. The number of hydrogen-bond donors (Lipinski definition) is 2. The molecule has 0 radical (unpaired) electrons. The highest BCUT2D eigenvalue weighted by atomic mass is 16.5. The third kappa shape index (κ3) is 12.2. The van der Waals surface area contributed by atoms with Crippen LogP contribution in [0.2, 0.25) is 0 Å². The summed E-state index contributed by atoms with van der Waals surface area (Å²) in [4.78, 5) is 33.1. The average Bonchev–Trinajstić information content (AvgIpc) is 3.27. The maximum absolute atomic E-state index is 11.9. The van der Waals surface area contributed by atoms with Crippen LogP contribution in [0.4, 0.5) is 5.95 Å². The molecule has 36 heavy (non-hydrogen) atoms. The molecule has 0 aliphatic carbocycles. The molecule has 0 amide bonds. The predicted octanol–water partition coefficient (Wildman–Crippen LogP) is 6.19. The molecule has 2 aromatic rings. The van der Waals surface area contributed by atoms with E-state index < -0.39 is 0 Å². The van der Waals surface area contributed by atoms with Crippen LogP contribution in [0, 0.1) is 5.92 Å². The first-order valence-electron chi connectivity index (χ1n) is 14.4. The van der Waals surface area contributed by atoms with Crippen molar-refractivity contribution < 1.29 is 9.53 Å². The van der Waals surface area contributed by atoms with E-state index in [0.717, 1.165) is 38.6 Å². The highest BCUT2D eigenvalue weighted by Crippen LogP contribution is 2.15. The number of anilines is 1. The Hall–Kier alpha value is -2.22. The summed E-state index contributed by atoms with van der Waals surface area (Å²) in [7, 11) is 0. The van der Waals surface area contributed by atoms with Gasteiger partial charge in [0.05, 0.1) is 12.9 Å². The van der Waals surface area contributed by atoms with Gasteiger partial charge in [-0.15, -0.1) is 0 Å². The number of aromatic nitrogens is 4. The molecule has 0 aromatic carbocycles. The number of aromatic amines is 1. The van der Waals surface area contributed by atoms with Crippen LogP contribution in [-0.2, 0) is 16.1 Å². The van der Waals surface area contributed by atoms with Crippen molar-refractivity contribution >= 4 is 23.4 Å². The van der Waals surface area contributed by atoms with Crippen LogP contribution in [0.1, 0.15) is 116 Å². The summed E-state index contributed by atoms with van der Waals surface area (Å²) in [5, 5.41) is 0. The number of nitrogen functional groups attached to an aromatic ring is 1. The van der Waals surface area contributed by atoms with Crippen molar-refractivity contribution in [1.29, 1.82) is 0 Å². The lowest BCUT2D eigenvalue weighted by Gasteiger charge is -2.16. The molecule has 2 aromatic heterocycles. The van der Waals surface area contributed by atoms with Crippen LogP contribution in [0.25, 0.3) is 11.2 Å². The minimum Gasteiger partial charge on any atom is -0.381 e. The molecular weight excluding hydrogens is 454 g/mol. The van der Waals surface area contributed by atoms with Crippen LogP contribution in [0.5, 0.6) is 0 Å². The maximum atomic E-state index is 11.9.